The summed E-state index contributed by atoms with van der Waals surface area (Å²) in [4.78, 5) is 10.9. The Bertz CT molecular complexity index is 813. The van der Waals surface area contributed by atoms with Gasteiger partial charge in [-0.1, -0.05) is 24.3 Å². The highest BCUT2D eigenvalue weighted by molar-refractivity contribution is 7.09. The molecule has 3 aromatic rings. The summed E-state index contributed by atoms with van der Waals surface area (Å²) in [5.74, 6) is 0.896. The van der Waals surface area contributed by atoms with Crippen LogP contribution in [-0.2, 0) is 19.6 Å². The maximum Gasteiger partial charge on any atom is 0.130 e. The molecule has 0 spiro atoms. The molecule has 0 aliphatic carbocycles. The number of piperazine rings is 1. The minimum atomic E-state index is 0.508. The smallest absolute Gasteiger partial charge is 0.130 e. The van der Waals surface area contributed by atoms with Crippen LogP contribution >= 0.6 is 11.3 Å². The molecule has 3 heterocycles. The van der Waals surface area contributed by atoms with Crippen molar-refractivity contribution in [2.24, 2.45) is 0 Å². The predicted octanol–water partition coefficient (Wildman–Crippen LogP) is 4.08. The van der Waals surface area contributed by atoms with Gasteiger partial charge in [-0.3, -0.25) is 9.88 Å². The van der Waals surface area contributed by atoms with E-state index in [4.69, 9.17) is 4.74 Å². The van der Waals surface area contributed by atoms with Gasteiger partial charge in [-0.05, 0) is 47.7 Å². The Kier molecular flexibility index (Phi) is 6.71. The maximum absolute atomic E-state index is 5.83. The number of thiophene rings is 1. The second-order valence-electron chi connectivity index (χ2n) is 7.20. The van der Waals surface area contributed by atoms with E-state index in [2.05, 4.69) is 56.6 Å². The van der Waals surface area contributed by atoms with Crippen LogP contribution in [0, 0.1) is 0 Å². The third-order valence-electron chi connectivity index (χ3n) is 5.16. The minimum absolute atomic E-state index is 0.508. The van der Waals surface area contributed by atoms with E-state index >= 15 is 0 Å². The van der Waals surface area contributed by atoms with Crippen LogP contribution in [0.5, 0.6) is 5.75 Å². The molecule has 0 N–H and O–H groups in total. The first kappa shape index (κ1) is 19.1. The number of nitrogens with zero attached hydrogens (tertiary/aromatic N) is 3. The Hall–Kier alpha value is -2.21. The molecule has 0 unspecified atom stereocenters. The Balaban J connectivity index is 1.18. The largest absolute Gasteiger partial charge is 0.487 e. The van der Waals surface area contributed by atoms with Crippen molar-refractivity contribution in [2.75, 3.05) is 32.7 Å². The van der Waals surface area contributed by atoms with Crippen LogP contribution in [0.4, 0.5) is 0 Å². The van der Waals surface area contributed by atoms with Crippen molar-refractivity contribution in [3.8, 4) is 5.75 Å². The predicted molar refractivity (Wildman–Crippen MR) is 115 cm³/mol. The molecule has 1 aliphatic rings. The molecule has 1 saturated heterocycles. The minimum Gasteiger partial charge on any atom is -0.487 e. The Morgan fingerprint density at radius 3 is 2.43 bits per heavy atom. The average Bonchev–Trinajstić information content (AvgIpc) is 3.27. The lowest BCUT2D eigenvalue weighted by atomic mass is 10.2. The van der Waals surface area contributed by atoms with Crippen molar-refractivity contribution in [3.63, 3.8) is 0 Å². The lowest BCUT2D eigenvalue weighted by molar-refractivity contribution is 0.128. The van der Waals surface area contributed by atoms with Crippen LogP contribution < -0.4 is 4.74 Å². The van der Waals surface area contributed by atoms with Crippen molar-refractivity contribution < 1.29 is 4.74 Å². The van der Waals surface area contributed by atoms with E-state index in [1.807, 2.05) is 29.5 Å². The van der Waals surface area contributed by atoms with Crippen LogP contribution in [0.15, 0.2) is 66.2 Å². The van der Waals surface area contributed by atoms with E-state index in [1.165, 1.54) is 23.4 Å². The van der Waals surface area contributed by atoms with Crippen molar-refractivity contribution >= 4 is 11.3 Å². The first-order valence-electron chi connectivity index (χ1n) is 9.94. The molecular formula is C23H27N3OS. The SMILES string of the molecule is c1ccc(COc2ccc(CN3CCN(CCc4cccs4)CC3)cc2)nc1. The summed E-state index contributed by atoms with van der Waals surface area (Å²) in [5.41, 5.74) is 2.29. The fourth-order valence-corrected chi connectivity index (χ4v) is 4.18. The van der Waals surface area contributed by atoms with Crippen LogP contribution in [-0.4, -0.2) is 47.5 Å². The fraction of sp³-hybridized carbons (Fsp3) is 0.348. The summed E-state index contributed by atoms with van der Waals surface area (Å²) < 4.78 is 5.83. The highest BCUT2D eigenvalue weighted by atomic mass is 32.1. The number of rotatable bonds is 8. The lowest BCUT2D eigenvalue weighted by Crippen LogP contribution is -2.46. The molecule has 5 heteroatoms. The van der Waals surface area contributed by atoms with Crippen molar-refractivity contribution in [2.45, 2.75) is 19.6 Å². The Labute approximate surface area is 171 Å². The van der Waals surface area contributed by atoms with Gasteiger partial charge < -0.3 is 9.64 Å². The molecule has 0 atom stereocenters. The molecule has 146 valence electrons. The summed E-state index contributed by atoms with van der Waals surface area (Å²) in [6.07, 6.45) is 2.97. The van der Waals surface area contributed by atoms with Crippen LogP contribution in [0.2, 0.25) is 0 Å². The monoisotopic (exact) mass is 393 g/mol. The number of benzene rings is 1. The quantitative estimate of drug-likeness (QED) is 0.577. The van der Waals surface area contributed by atoms with Gasteiger partial charge in [0.25, 0.3) is 0 Å². The molecular weight excluding hydrogens is 366 g/mol. The summed E-state index contributed by atoms with van der Waals surface area (Å²) in [5, 5.41) is 2.17. The third kappa shape index (κ3) is 5.64. The lowest BCUT2D eigenvalue weighted by Gasteiger charge is -2.34. The standard InChI is InChI=1S/C23H27N3OS/c1-2-11-24-21(4-1)19-27-22-8-6-20(7-9-22)18-26-15-13-25(14-16-26)12-10-23-5-3-17-28-23/h1-9,11,17H,10,12-16,18-19H2. The fourth-order valence-electron chi connectivity index (χ4n) is 3.48. The van der Waals surface area contributed by atoms with Gasteiger partial charge in [-0.25, -0.2) is 0 Å². The van der Waals surface area contributed by atoms with Crippen LogP contribution in [0.25, 0.3) is 0 Å². The van der Waals surface area contributed by atoms with Crippen molar-refractivity contribution in [1.29, 1.82) is 0 Å². The molecule has 28 heavy (non-hydrogen) atoms. The number of ether oxygens (including phenoxy) is 1. The van der Waals surface area contributed by atoms with Gasteiger partial charge in [-0.15, -0.1) is 11.3 Å². The van der Waals surface area contributed by atoms with E-state index in [0.717, 1.165) is 44.2 Å². The van der Waals surface area contributed by atoms with Crippen molar-refractivity contribution in [3.05, 3.63) is 82.3 Å². The third-order valence-corrected chi connectivity index (χ3v) is 6.10. The molecule has 4 rings (SSSR count). The number of hydrogen-bond donors (Lipinski definition) is 0. The number of hydrogen-bond acceptors (Lipinski definition) is 5. The van der Waals surface area contributed by atoms with E-state index in [-0.39, 0.29) is 0 Å². The normalized spacial score (nSPS) is 15.6. The van der Waals surface area contributed by atoms with Crippen LogP contribution in [0.3, 0.4) is 0 Å². The summed E-state index contributed by atoms with van der Waals surface area (Å²) >= 11 is 1.87. The molecule has 1 aliphatic heterocycles. The van der Waals surface area contributed by atoms with E-state index < -0.39 is 0 Å². The van der Waals surface area contributed by atoms with Gasteiger partial charge in [0.2, 0.25) is 0 Å². The Morgan fingerprint density at radius 1 is 0.893 bits per heavy atom. The summed E-state index contributed by atoms with van der Waals surface area (Å²) in [6.45, 7) is 7.31. The van der Waals surface area contributed by atoms with Gasteiger partial charge in [-0.2, -0.15) is 0 Å². The molecule has 0 saturated carbocycles. The molecule has 2 aromatic heterocycles. The van der Waals surface area contributed by atoms with Crippen LogP contribution in [0.1, 0.15) is 16.1 Å². The molecule has 0 amide bonds. The molecule has 4 nitrogen and oxygen atoms in total. The van der Waals surface area contributed by atoms with Gasteiger partial charge in [0.1, 0.15) is 12.4 Å². The summed E-state index contributed by atoms with van der Waals surface area (Å²) in [6, 6.07) is 18.8. The summed E-state index contributed by atoms with van der Waals surface area (Å²) in [7, 11) is 0. The van der Waals surface area contributed by atoms with Gasteiger partial charge in [0.15, 0.2) is 0 Å². The van der Waals surface area contributed by atoms with E-state index in [1.54, 1.807) is 6.20 Å². The van der Waals surface area contributed by atoms with E-state index in [9.17, 15) is 0 Å². The van der Waals surface area contributed by atoms with Crippen molar-refractivity contribution in [1.82, 2.24) is 14.8 Å². The molecule has 0 bridgehead atoms. The zero-order valence-electron chi connectivity index (χ0n) is 16.2. The topological polar surface area (TPSA) is 28.6 Å². The highest BCUT2D eigenvalue weighted by Crippen LogP contribution is 2.16. The first-order chi connectivity index (χ1) is 13.8. The van der Waals surface area contributed by atoms with E-state index in [0.29, 0.717) is 6.61 Å². The Morgan fingerprint density at radius 2 is 1.71 bits per heavy atom. The first-order valence-corrected chi connectivity index (χ1v) is 10.8. The van der Waals surface area contributed by atoms with Gasteiger partial charge in [0.05, 0.1) is 5.69 Å². The maximum atomic E-state index is 5.83. The average molecular weight is 394 g/mol. The van der Waals surface area contributed by atoms with Gasteiger partial charge >= 0.3 is 0 Å². The molecule has 1 aromatic carbocycles. The number of pyridine rings is 1. The molecule has 0 radical (unpaired) electrons. The van der Waals surface area contributed by atoms with Gasteiger partial charge in [0, 0.05) is 50.3 Å². The molecule has 1 fully saturated rings. The second kappa shape index (κ2) is 9.82. The second-order valence-corrected chi connectivity index (χ2v) is 8.23. The zero-order chi connectivity index (χ0) is 19.0. The zero-order valence-corrected chi connectivity index (χ0v) is 17.0. The highest BCUT2D eigenvalue weighted by Gasteiger charge is 2.16. The number of aromatic nitrogens is 1.